The van der Waals surface area contributed by atoms with E-state index in [1.165, 1.54) is 0 Å². The lowest BCUT2D eigenvalue weighted by atomic mass is 10.0. The van der Waals surface area contributed by atoms with Gasteiger partial charge in [-0.1, -0.05) is 13.8 Å². The highest BCUT2D eigenvalue weighted by Crippen LogP contribution is 2.08. The topological polar surface area (TPSA) is 49.6 Å². The van der Waals surface area contributed by atoms with Crippen LogP contribution in [0.15, 0.2) is 0 Å². The molecule has 1 saturated heterocycles. The fourth-order valence-corrected chi connectivity index (χ4v) is 2.11. The fourth-order valence-electron chi connectivity index (χ4n) is 2.11. The first kappa shape index (κ1) is 13.5. The molecule has 0 aromatic carbocycles. The van der Waals surface area contributed by atoms with E-state index < -0.39 is 0 Å². The van der Waals surface area contributed by atoms with E-state index in [1.807, 2.05) is 4.90 Å². The lowest BCUT2D eigenvalue weighted by Gasteiger charge is -2.24. The molecule has 0 unspecified atom stereocenters. The molecule has 0 saturated carbocycles. The fraction of sp³-hybridized carbons (Fsp3) is 0.917. The highest BCUT2D eigenvalue weighted by Gasteiger charge is 2.23. The van der Waals surface area contributed by atoms with Crippen LogP contribution >= 0.6 is 0 Å². The molecule has 0 aromatic heterocycles. The van der Waals surface area contributed by atoms with Crippen molar-refractivity contribution in [3.05, 3.63) is 0 Å². The molecule has 0 aliphatic carbocycles. The van der Waals surface area contributed by atoms with Gasteiger partial charge in [0, 0.05) is 19.6 Å². The van der Waals surface area contributed by atoms with Crippen molar-refractivity contribution < 1.29 is 4.79 Å². The van der Waals surface area contributed by atoms with Gasteiger partial charge in [-0.05, 0) is 32.4 Å². The standard InChI is InChI=1S/C12H25N3O/c1-10(2)9-11(13)12(16)15-6-4-5-14(3)7-8-15/h10-11H,4-9,13H2,1-3H3/t11-/m0/s1. The minimum atomic E-state index is -0.316. The second kappa shape index (κ2) is 6.21. The summed E-state index contributed by atoms with van der Waals surface area (Å²) in [6.45, 7) is 7.91. The Morgan fingerprint density at radius 1 is 1.25 bits per heavy atom. The molecule has 1 amide bonds. The molecule has 0 bridgehead atoms. The van der Waals surface area contributed by atoms with Crippen molar-refractivity contribution in [2.45, 2.75) is 32.7 Å². The van der Waals surface area contributed by atoms with E-state index in [0.717, 1.165) is 39.0 Å². The molecular formula is C12H25N3O. The van der Waals surface area contributed by atoms with E-state index >= 15 is 0 Å². The van der Waals surface area contributed by atoms with E-state index in [9.17, 15) is 4.79 Å². The van der Waals surface area contributed by atoms with Gasteiger partial charge in [-0.15, -0.1) is 0 Å². The molecule has 94 valence electrons. The molecule has 1 aliphatic heterocycles. The molecule has 1 aliphatic rings. The molecule has 1 heterocycles. The molecule has 16 heavy (non-hydrogen) atoms. The van der Waals surface area contributed by atoms with Crippen LogP contribution in [-0.2, 0) is 4.79 Å². The maximum Gasteiger partial charge on any atom is 0.239 e. The Bertz CT molecular complexity index is 230. The average molecular weight is 227 g/mol. The van der Waals surface area contributed by atoms with Gasteiger partial charge in [0.05, 0.1) is 6.04 Å². The van der Waals surface area contributed by atoms with Crippen LogP contribution in [-0.4, -0.2) is 55.0 Å². The summed E-state index contributed by atoms with van der Waals surface area (Å²) in [7, 11) is 2.10. The second-order valence-corrected chi connectivity index (χ2v) is 5.22. The summed E-state index contributed by atoms with van der Waals surface area (Å²) >= 11 is 0. The Hall–Kier alpha value is -0.610. The van der Waals surface area contributed by atoms with Crippen LogP contribution in [0.3, 0.4) is 0 Å². The molecule has 4 heteroatoms. The Labute approximate surface area is 98.8 Å². The summed E-state index contributed by atoms with van der Waals surface area (Å²) in [4.78, 5) is 16.3. The third kappa shape index (κ3) is 4.10. The van der Waals surface area contributed by atoms with Gasteiger partial charge in [0.15, 0.2) is 0 Å². The zero-order valence-corrected chi connectivity index (χ0v) is 10.8. The quantitative estimate of drug-likeness (QED) is 0.765. The molecular weight excluding hydrogens is 202 g/mol. The zero-order valence-electron chi connectivity index (χ0n) is 10.8. The van der Waals surface area contributed by atoms with Gasteiger partial charge in [0.25, 0.3) is 0 Å². The predicted molar refractivity (Wildman–Crippen MR) is 66.1 cm³/mol. The van der Waals surface area contributed by atoms with Crippen molar-refractivity contribution in [3.8, 4) is 0 Å². The summed E-state index contributed by atoms with van der Waals surface area (Å²) < 4.78 is 0. The second-order valence-electron chi connectivity index (χ2n) is 5.22. The maximum absolute atomic E-state index is 12.1. The number of nitrogens with two attached hydrogens (primary N) is 1. The van der Waals surface area contributed by atoms with E-state index in [-0.39, 0.29) is 11.9 Å². The van der Waals surface area contributed by atoms with Crippen LogP contribution in [0, 0.1) is 5.92 Å². The molecule has 0 aromatic rings. The van der Waals surface area contributed by atoms with Crippen LogP contribution in [0.4, 0.5) is 0 Å². The monoisotopic (exact) mass is 227 g/mol. The summed E-state index contributed by atoms with van der Waals surface area (Å²) in [5.41, 5.74) is 5.93. The average Bonchev–Trinajstić information content (AvgIpc) is 2.41. The van der Waals surface area contributed by atoms with E-state index in [4.69, 9.17) is 5.73 Å². The predicted octanol–water partition coefficient (Wildman–Crippen LogP) is 0.524. The number of likely N-dealkylation sites (N-methyl/N-ethyl adjacent to an activating group) is 1. The normalized spacial score (nSPS) is 20.9. The lowest BCUT2D eigenvalue weighted by Crippen LogP contribution is -2.45. The van der Waals surface area contributed by atoms with Gasteiger partial charge < -0.3 is 15.5 Å². The smallest absolute Gasteiger partial charge is 0.239 e. The first-order valence-electron chi connectivity index (χ1n) is 6.23. The van der Waals surface area contributed by atoms with Crippen LogP contribution in [0.5, 0.6) is 0 Å². The lowest BCUT2D eigenvalue weighted by molar-refractivity contribution is -0.132. The number of nitrogens with zero attached hydrogens (tertiary/aromatic N) is 2. The van der Waals surface area contributed by atoms with Crippen molar-refractivity contribution in [2.24, 2.45) is 11.7 Å². The van der Waals surface area contributed by atoms with Crippen molar-refractivity contribution in [1.82, 2.24) is 9.80 Å². The molecule has 0 spiro atoms. The highest BCUT2D eigenvalue weighted by atomic mass is 16.2. The van der Waals surface area contributed by atoms with Crippen LogP contribution < -0.4 is 5.73 Å². The van der Waals surface area contributed by atoms with Gasteiger partial charge in [-0.25, -0.2) is 0 Å². The zero-order chi connectivity index (χ0) is 12.1. The summed E-state index contributed by atoms with van der Waals surface area (Å²) in [5.74, 6) is 0.609. The molecule has 1 atom stereocenters. The van der Waals surface area contributed by atoms with Crippen molar-refractivity contribution in [2.75, 3.05) is 33.2 Å². The van der Waals surface area contributed by atoms with Crippen molar-refractivity contribution in [1.29, 1.82) is 0 Å². The SMILES string of the molecule is CC(C)C[C@H](N)C(=O)N1CCCN(C)CC1. The van der Waals surface area contributed by atoms with Crippen molar-refractivity contribution >= 4 is 5.91 Å². The molecule has 0 radical (unpaired) electrons. The van der Waals surface area contributed by atoms with E-state index in [0.29, 0.717) is 5.92 Å². The number of carbonyl (C=O) groups is 1. The van der Waals surface area contributed by atoms with Gasteiger partial charge in [-0.3, -0.25) is 4.79 Å². The molecule has 4 nitrogen and oxygen atoms in total. The van der Waals surface area contributed by atoms with Gasteiger partial charge in [-0.2, -0.15) is 0 Å². The number of rotatable bonds is 3. The molecule has 1 rings (SSSR count). The molecule has 2 N–H and O–H groups in total. The van der Waals surface area contributed by atoms with Gasteiger partial charge in [0.2, 0.25) is 5.91 Å². The first-order valence-corrected chi connectivity index (χ1v) is 6.23. The van der Waals surface area contributed by atoms with Crippen LogP contribution in [0.1, 0.15) is 26.7 Å². The molecule has 1 fully saturated rings. The van der Waals surface area contributed by atoms with Gasteiger partial charge >= 0.3 is 0 Å². The Balaban J connectivity index is 2.46. The maximum atomic E-state index is 12.1. The van der Waals surface area contributed by atoms with E-state index in [2.05, 4.69) is 25.8 Å². The van der Waals surface area contributed by atoms with Crippen LogP contribution in [0.25, 0.3) is 0 Å². The number of amides is 1. The minimum absolute atomic E-state index is 0.129. The highest BCUT2D eigenvalue weighted by molar-refractivity contribution is 5.81. The Kier molecular flexibility index (Phi) is 5.22. The summed E-state index contributed by atoms with van der Waals surface area (Å²) in [6, 6.07) is -0.316. The minimum Gasteiger partial charge on any atom is -0.340 e. The summed E-state index contributed by atoms with van der Waals surface area (Å²) in [5, 5.41) is 0. The number of hydrogen-bond acceptors (Lipinski definition) is 3. The Morgan fingerprint density at radius 2 is 1.94 bits per heavy atom. The summed E-state index contributed by atoms with van der Waals surface area (Å²) in [6.07, 6.45) is 1.84. The van der Waals surface area contributed by atoms with Crippen molar-refractivity contribution in [3.63, 3.8) is 0 Å². The third-order valence-electron chi connectivity index (χ3n) is 3.07. The van der Waals surface area contributed by atoms with Crippen LogP contribution in [0.2, 0.25) is 0 Å². The third-order valence-corrected chi connectivity index (χ3v) is 3.07. The van der Waals surface area contributed by atoms with E-state index in [1.54, 1.807) is 0 Å². The number of carbonyl (C=O) groups excluding carboxylic acids is 1. The number of hydrogen-bond donors (Lipinski definition) is 1. The largest absolute Gasteiger partial charge is 0.340 e. The van der Waals surface area contributed by atoms with Gasteiger partial charge in [0.1, 0.15) is 0 Å². The Morgan fingerprint density at radius 3 is 2.56 bits per heavy atom. The first-order chi connectivity index (χ1) is 7.50.